The number of carbonyl (C=O) groups is 1. The maximum atomic E-state index is 13.5. The zero-order valence-corrected chi connectivity index (χ0v) is 10.0. The molecule has 1 amide bonds. The molecule has 3 nitrogen and oxygen atoms in total. The molecule has 0 radical (unpaired) electrons. The highest BCUT2D eigenvalue weighted by atomic mass is 35.5. The van der Waals surface area contributed by atoms with Gasteiger partial charge in [0.2, 0.25) is 0 Å². The Hall–Kier alpha value is -1.13. The summed E-state index contributed by atoms with van der Waals surface area (Å²) in [6.07, 6.45) is 2.23. The summed E-state index contributed by atoms with van der Waals surface area (Å²) in [5, 5.41) is 2.57. The summed E-state index contributed by atoms with van der Waals surface area (Å²) in [7, 11) is 0. The van der Waals surface area contributed by atoms with E-state index in [0.29, 0.717) is 12.5 Å². The molecule has 0 aliphatic heterocycles. The van der Waals surface area contributed by atoms with Crippen molar-refractivity contribution in [3.8, 4) is 0 Å². The van der Waals surface area contributed by atoms with Gasteiger partial charge in [-0.05, 0) is 30.9 Å². The minimum atomic E-state index is -0.688. The molecule has 0 spiro atoms. The van der Waals surface area contributed by atoms with E-state index in [1.807, 2.05) is 0 Å². The van der Waals surface area contributed by atoms with Crippen LogP contribution in [0.5, 0.6) is 0 Å². The van der Waals surface area contributed by atoms with Gasteiger partial charge >= 0.3 is 0 Å². The maximum Gasteiger partial charge on any atom is 0.254 e. The first kappa shape index (κ1) is 12.3. The van der Waals surface area contributed by atoms with E-state index in [2.05, 4.69) is 5.32 Å². The van der Waals surface area contributed by atoms with E-state index in [1.165, 1.54) is 12.1 Å². The number of hydrogen-bond acceptors (Lipinski definition) is 2. The van der Waals surface area contributed by atoms with Gasteiger partial charge in [-0.1, -0.05) is 17.7 Å². The summed E-state index contributed by atoms with van der Waals surface area (Å²) in [4.78, 5) is 11.7. The Kier molecular flexibility index (Phi) is 3.64. The van der Waals surface area contributed by atoms with E-state index >= 15 is 0 Å². The molecule has 1 saturated carbocycles. The Balaban J connectivity index is 1.96. The number of nitrogens with two attached hydrogens (primary N) is 1. The lowest BCUT2D eigenvalue weighted by atomic mass is 10.1. The van der Waals surface area contributed by atoms with E-state index in [-0.39, 0.29) is 16.6 Å². The van der Waals surface area contributed by atoms with Crippen LogP contribution in [0.4, 0.5) is 4.39 Å². The molecule has 1 unspecified atom stereocenters. The number of amides is 1. The third-order valence-corrected chi connectivity index (χ3v) is 3.21. The lowest BCUT2D eigenvalue weighted by molar-refractivity contribution is 0.0946. The zero-order chi connectivity index (χ0) is 12.4. The van der Waals surface area contributed by atoms with Gasteiger partial charge in [0.1, 0.15) is 0 Å². The summed E-state index contributed by atoms with van der Waals surface area (Å²) < 4.78 is 13.5. The monoisotopic (exact) mass is 256 g/mol. The molecule has 1 fully saturated rings. The van der Waals surface area contributed by atoms with Crippen LogP contribution in [-0.2, 0) is 0 Å². The van der Waals surface area contributed by atoms with Crippen molar-refractivity contribution < 1.29 is 9.18 Å². The number of hydrogen-bond donors (Lipinski definition) is 2. The first-order chi connectivity index (χ1) is 8.09. The Morgan fingerprint density at radius 1 is 1.59 bits per heavy atom. The Morgan fingerprint density at radius 2 is 2.29 bits per heavy atom. The Labute approximate surface area is 104 Å². The van der Waals surface area contributed by atoms with Crippen LogP contribution in [0.15, 0.2) is 18.2 Å². The highest BCUT2D eigenvalue weighted by Crippen LogP contribution is 2.31. The molecule has 1 aromatic rings. The molecule has 2 rings (SSSR count). The van der Waals surface area contributed by atoms with Gasteiger partial charge in [0.15, 0.2) is 5.82 Å². The smallest absolute Gasteiger partial charge is 0.254 e. The van der Waals surface area contributed by atoms with Gasteiger partial charge in [0, 0.05) is 12.6 Å². The summed E-state index contributed by atoms with van der Waals surface area (Å²) in [5.74, 6) is -0.660. The highest BCUT2D eigenvalue weighted by Gasteiger charge is 2.28. The first-order valence-corrected chi connectivity index (χ1v) is 5.95. The molecular formula is C12H14ClFN2O. The average Bonchev–Trinajstić information content (AvgIpc) is 3.13. The van der Waals surface area contributed by atoms with Crippen molar-refractivity contribution in [1.29, 1.82) is 0 Å². The van der Waals surface area contributed by atoms with Crippen LogP contribution in [-0.4, -0.2) is 18.5 Å². The van der Waals surface area contributed by atoms with Crippen molar-refractivity contribution in [2.45, 2.75) is 18.9 Å². The summed E-state index contributed by atoms with van der Waals surface area (Å²) in [6, 6.07) is 4.31. The van der Waals surface area contributed by atoms with Crippen LogP contribution in [0.3, 0.4) is 0 Å². The van der Waals surface area contributed by atoms with Crippen molar-refractivity contribution in [3.63, 3.8) is 0 Å². The molecule has 0 aromatic heterocycles. The fourth-order valence-corrected chi connectivity index (χ4v) is 1.85. The number of benzene rings is 1. The van der Waals surface area contributed by atoms with Crippen LogP contribution >= 0.6 is 11.6 Å². The normalized spacial score (nSPS) is 16.6. The molecule has 0 bridgehead atoms. The minimum absolute atomic E-state index is 0.0406. The molecule has 1 aliphatic carbocycles. The molecule has 3 N–H and O–H groups in total. The molecule has 0 heterocycles. The second kappa shape index (κ2) is 5.02. The van der Waals surface area contributed by atoms with E-state index in [1.54, 1.807) is 6.07 Å². The standard InChI is InChI=1S/C12H14ClFN2O/c13-9-3-1-2-8(11(9)14)12(17)16-6-10(15)7-4-5-7/h1-3,7,10H,4-6,15H2,(H,16,17). The minimum Gasteiger partial charge on any atom is -0.350 e. The molecule has 1 aromatic carbocycles. The van der Waals surface area contributed by atoms with Crippen molar-refractivity contribution in [1.82, 2.24) is 5.32 Å². The van der Waals surface area contributed by atoms with Crippen molar-refractivity contribution in [2.75, 3.05) is 6.54 Å². The van der Waals surface area contributed by atoms with E-state index in [9.17, 15) is 9.18 Å². The molecule has 17 heavy (non-hydrogen) atoms. The second-order valence-corrected chi connectivity index (χ2v) is 4.72. The van der Waals surface area contributed by atoms with Gasteiger partial charge in [0.25, 0.3) is 5.91 Å². The first-order valence-electron chi connectivity index (χ1n) is 5.57. The van der Waals surface area contributed by atoms with Gasteiger partial charge in [0.05, 0.1) is 10.6 Å². The van der Waals surface area contributed by atoms with Crippen LogP contribution in [0.25, 0.3) is 0 Å². The molecule has 92 valence electrons. The van der Waals surface area contributed by atoms with Crippen LogP contribution in [0.2, 0.25) is 5.02 Å². The van der Waals surface area contributed by atoms with Crippen LogP contribution in [0, 0.1) is 11.7 Å². The molecule has 0 saturated heterocycles. The summed E-state index contributed by atoms with van der Waals surface area (Å²) in [5.41, 5.74) is 5.80. The van der Waals surface area contributed by atoms with Gasteiger partial charge in [-0.2, -0.15) is 0 Å². The lowest BCUT2D eigenvalue weighted by Gasteiger charge is -2.12. The summed E-state index contributed by atoms with van der Waals surface area (Å²) in [6.45, 7) is 0.370. The largest absolute Gasteiger partial charge is 0.350 e. The third kappa shape index (κ3) is 2.96. The molecule has 5 heteroatoms. The van der Waals surface area contributed by atoms with E-state index in [4.69, 9.17) is 17.3 Å². The van der Waals surface area contributed by atoms with Gasteiger partial charge < -0.3 is 11.1 Å². The van der Waals surface area contributed by atoms with Crippen LogP contribution in [0.1, 0.15) is 23.2 Å². The SMILES string of the molecule is NC(CNC(=O)c1cccc(Cl)c1F)C1CC1. The average molecular weight is 257 g/mol. The highest BCUT2D eigenvalue weighted by molar-refractivity contribution is 6.31. The van der Waals surface area contributed by atoms with Gasteiger partial charge in [-0.25, -0.2) is 4.39 Å². The quantitative estimate of drug-likeness (QED) is 0.865. The molecule has 1 aliphatic rings. The number of halogens is 2. The van der Waals surface area contributed by atoms with Crippen LogP contribution < -0.4 is 11.1 Å². The van der Waals surface area contributed by atoms with Crippen molar-refractivity contribution in [2.24, 2.45) is 11.7 Å². The number of carbonyl (C=O) groups excluding carboxylic acids is 1. The zero-order valence-electron chi connectivity index (χ0n) is 9.25. The van der Waals surface area contributed by atoms with Gasteiger partial charge in [-0.3, -0.25) is 4.79 Å². The number of nitrogens with one attached hydrogen (secondary N) is 1. The Bertz CT molecular complexity index is 435. The summed E-state index contributed by atoms with van der Waals surface area (Å²) >= 11 is 5.60. The predicted octanol–water partition coefficient (Wildman–Crippen LogP) is 1.95. The van der Waals surface area contributed by atoms with Crippen molar-refractivity contribution in [3.05, 3.63) is 34.6 Å². The van der Waals surface area contributed by atoms with Gasteiger partial charge in [-0.15, -0.1) is 0 Å². The number of rotatable bonds is 4. The fraction of sp³-hybridized carbons (Fsp3) is 0.417. The molecule has 1 atom stereocenters. The molecular weight excluding hydrogens is 243 g/mol. The lowest BCUT2D eigenvalue weighted by Crippen LogP contribution is -2.38. The van der Waals surface area contributed by atoms with Crippen molar-refractivity contribution >= 4 is 17.5 Å². The predicted molar refractivity (Wildman–Crippen MR) is 64.4 cm³/mol. The Morgan fingerprint density at radius 3 is 2.94 bits per heavy atom. The maximum absolute atomic E-state index is 13.5. The fourth-order valence-electron chi connectivity index (χ4n) is 1.68. The topological polar surface area (TPSA) is 55.1 Å². The van der Waals surface area contributed by atoms with E-state index in [0.717, 1.165) is 12.8 Å². The second-order valence-electron chi connectivity index (χ2n) is 4.31. The van der Waals surface area contributed by atoms with E-state index < -0.39 is 11.7 Å². The third-order valence-electron chi connectivity index (χ3n) is 2.92.